The Labute approximate surface area is 314 Å². The SMILES string of the molecule is c1ccc(-n2c3ccc(N(c4ccc5c(c4)oc4ccccc45)c4cccc5ccccc45)cc3c3cc4c(ccc5c6ccccc6sc45)cc32)cc1. The van der Waals surface area contributed by atoms with Gasteiger partial charge in [-0.25, -0.2) is 0 Å². The fourth-order valence-electron chi connectivity index (χ4n) is 8.69. The number of thiophene rings is 1. The lowest BCUT2D eigenvalue weighted by atomic mass is 10.0. The zero-order chi connectivity index (χ0) is 35.3. The molecule has 0 bridgehead atoms. The smallest absolute Gasteiger partial charge is 0.137 e. The monoisotopic (exact) mass is 706 g/mol. The molecule has 0 N–H and O–H groups in total. The molecule has 252 valence electrons. The third-order valence-electron chi connectivity index (χ3n) is 11.1. The summed E-state index contributed by atoms with van der Waals surface area (Å²) in [6.07, 6.45) is 0. The lowest BCUT2D eigenvalue weighted by Gasteiger charge is -2.27. The molecule has 4 heteroatoms. The van der Waals surface area contributed by atoms with Crippen molar-refractivity contribution in [2.75, 3.05) is 4.90 Å². The normalized spacial score (nSPS) is 12.1. The number of furan rings is 1. The Morgan fingerprint density at radius 2 is 1.11 bits per heavy atom. The van der Waals surface area contributed by atoms with E-state index in [1.807, 2.05) is 23.5 Å². The van der Waals surface area contributed by atoms with Gasteiger partial charge in [0.25, 0.3) is 0 Å². The Kier molecular flexibility index (Phi) is 6.21. The van der Waals surface area contributed by atoms with E-state index in [9.17, 15) is 0 Å². The van der Waals surface area contributed by atoms with Crippen LogP contribution in [0.25, 0.3) is 91.1 Å². The van der Waals surface area contributed by atoms with Crippen molar-refractivity contribution in [1.82, 2.24) is 4.57 Å². The van der Waals surface area contributed by atoms with Crippen molar-refractivity contribution in [3.8, 4) is 5.69 Å². The molecule has 3 heterocycles. The van der Waals surface area contributed by atoms with Gasteiger partial charge in [0.1, 0.15) is 11.2 Å². The summed E-state index contributed by atoms with van der Waals surface area (Å²) in [6.45, 7) is 0. The van der Waals surface area contributed by atoms with Crippen LogP contribution in [0.1, 0.15) is 0 Å². The fraction of sp³-hybridized carbons (Fsp3) is 0. The molecule has 12 aromatic rings. The second kappa shape index (κ2) is 11.3. The number of para-hydroxylation sites is 2. The van der Waals surface area contributed by atoms with E-state index in [0.29, 0.717) is 0 Å². The van der Waals surface area contributed by atoms with Crippen molar-refractivity contribution in [2.24, 2.45) is 0 Å². The number of benzene rings is 9. The average molecular weight is 707 g/mol. The van der Waals surface area contributed by atoms with Gasteiger partial charge in [0.15, 0.2) is 0 Å². The van der Waals surface area contributed by atoms with Crippen LogP contribution in [0.15, 0.2) is 186 Å². The third-order valence-corrected chi connectivity index (χ3v) is 12.3. The van der Waals surface area contributed by atoms with Gasteiger partial charge in [0, 0.05) is 75.6 Å². The van der Waals surface area contributed by atoms with E-state index in [4.69, 9.17) is 4.42 Å². The van der Waals surface area contributed by atoms with E-state index >= 15 is 0 Å². The molecule has 0 aliphatic carbocycles. The van der Waals surface area contributed by atoms with Crippen molar-refractivity contribution >= 4 is 114 Å². The maximum absolute atomic E-state index is 6.45. The third kappa shape index (κ3) is 4.29. The van der Waals surface area contributed by atoms with Gasteiger partial charge >= 0.3 is 0 Å². The van der Waals surface area contributed by atoms with Crippen molar-refractivity contribution in [1.29, 1.82) is 0 Å². The Balaban J connectivity index is 1.16. The highest BCUT2D eigenvalue weighted by atomic mass is 32.1. The molecule has 0 amide bonds. The summed E-state index contributed by atoms with van der Waals surface area (Å²) in [7, 11) is 0. The van der Waals surface area contributed by atoms with E-state index in [2.05, 4.69) is 179 Å². The zero-order valence-corrected chi connectivity index (χ0v) is 29.8. The number of hydrogen-bond acceptors (Lipinski definition) is 3. The first kappa shape index (κ1) is 29.7. The van der Waals surface area contributed by atoms with E-state index in [1.54, 1.807) is 0 Å². The second-order valence-corrected chi connectivity index (χ2v) is 15.2. The Morgan fingerprint density at radius 3 is 2.04 bits per heavy atom. The number of fused-ring (bicyclic) bond motifs is 12. The van der Waals surface area contributed by atoms with Crippen LogP contribution in [0.3, 0.4) is 0 Å². The van der Waals surface area contributed by atoms with E-state index in [1.165, 1.54) is 63.5 Å². The van der Waals surface area contributed by atoms with Crippen LogP contribution in [0.4, 0.5) is 17.1 Å². The van der Waals surface area contributed by atoms with Gasteiger partial charge in [-0.3, -0.25) is 0 Å². The van der Waals surface area contributed by atoms with Crippen LogP contribution in [0, 0.1) is 0 Å². The van der Waals surface area contributed by atoms with Crippen molar-refractivity contribution in [3.05, 3.63) is 182 Å². The lowest BCUT2D eigenvalue weighted by molar-refractivity contribution is 0.669. The van der Waals surface area contributed by atoms with Crippen molar-refractivity contribution < 1.29 is 4.42 Å². The van der Waals surface area contributed by atoms with Gasteiger partial charge in [-0.15, -0.1) is 11.3 Å². The molecule has 0 saturated carbocycles. The van der Waals surface area contributed by atoms with Crippen LogP contribution in [0.2, 0.25) is 0 Å². The minimum atomic E-state index is 0.875. The molecule has 0 atom stereocenters. The first-order valence-corrected chi connectivity index (χ1v) is 19.2. The van der Waals surface area contributed by atoms with Crippen LogP contribution < -0.4 is 4.90 Å². The van der Waals surface area contributed by atoms with Gasteiger partial charge < -0.3 is 13.9 Å². The van der Waals surface area contributed by atoms with Crippen molar-refractivity contribution in [3.63, 3.8) is 0 Å². The first-order valence-electron chi connectivity index (χ1n) is 18.3. The maximum atomic E-state index is 6.45. The fourth-order valence-corrected chi connectivity index (χ4v) is 9.92. The first-order chi connectivity index (χ1) is 26.8. The largest absolute Gasteiger partial charge is 0.456 e. The summed E-state index contributed by atoms with van der Waals surface area (Å²) < 4.78 is 11.5. The molecular weight excluding hydrogens is 677 g/mol. The molecule has 12 rings (SSSR count). The van der Waals surface area contributed by atoms with Crippen LogP contribution in [-0.4, -0.2) is 4.57 Å². The van der Waals surface area contributed by atoms with Gasteiger partial charge in [0.2, 0.25) is 0 Å². The number of rotatable bonds is 4. The Bertz CT molecular complexity index is 3460. The minimum Gasteiger partial charge on any atom is -0.456 e. The average Bonchev–Trinajstić information content (AvgIpc) is 3.90. The molecule has 0 saturated heterocycles. The van der Waals surface area contributed by atoms with Crippen molar-refractivity contribution in [2.45, 2.75) is 0 Å². The standard InChI is InChI=1S/C50H30N2OS/c1-2-13-33(14-3-1)52-45-26-23-34(28-42(45)43-30-41-32(27-46(43)52)21-24-40-39-17-7-9-20-49(39)54-50(40)41)51(44-18-10-12-31-11-4-5-15-36(31)44)35-22-25-38-37-16-6-8-19-47(37)53-48(38)29-35/h1-30H. The summed E-state index contributed by atoms with van der Waals surface area (Å²) in [5, 5.41) is 12.3. The Morgan fingerprint density at radius 1 is 0.407 bits per heavy atom. The van der Waals surface area contributed by atoms with Gasteiger partial charge in [-0.05, 0) is 83.6 Å². The van der Waals surface area contributed by atoms with E-state index < -0.39 is 0 Å². The topological polar surface area (TPSA) is 21.3 Å². The summed E-state index contributed by atoms with van der Waals surface area (Å²) >= 11 is 1.89. The number of hydrogen-bond donors (Lipinski definition) is 0. The molecule has 3 nitrogen and oxygen atoms in total. The van der Waals surface area contributed by atoms with E-state index in [0.717, 1.165) is 44.7 Å². The van der Waals surface area contributed by atoms with Crippen LogP contribution in [-0.2, 0) is 0 Å². The van der Waals surface area contributed by atoms with Crippen LogP contribution >= 0.6 is 11.3 Å². The molecule has 0 fully saturated rings. The molecule has 0 radical (unpaired) electrons. The molecule has 0 aliphatic rings. The van der Waals surface area contributed by atoms with Gasteiger partial charge in [-0.1, -0.05) is 103 Å². The summed E-state index contributed by atoms with van der Waals surface area (Å²) in [5.41, 5.74) is 8.54. The molecule has 0 unspecified atom stereocenters. The number of nitrogens with zero attached hydrogens (tertiary/aromatic N) is 2. The summed E-state index contributed by atoms with van der Waals surface area (Å²) in [5.74, 6) is 0. The summed E-state index contributed by atoms with van der Waals surface area (Å²) in [6, 6.07) is 66.1. The quantitative estimate of drug-likeness (QED) is 0.182. The number of aromatic nitrogens is 1. The Hall–Kier alpha value is -6.88. The predicted molar refractivity (Wildman–Crippen MR) is 231 cm³/mol. The molecule has 54 heavy (non-hydrogen) atoms. The highest BCUT2D eigenvalue weighted by molar-refractivity contribution is 7.26. The maximum Gasteiger partial charge on any atom is 0.137 e. The molecule has 0 aliphatic heterocycles. The molecular formula is C50H30N2OS. The molecule has 0 spiro atoms. The van der Waals surface area contributed by atoms with Gasteiger partial charge in [0.05, 0.1) is 16.7 Å². The van der Waals surface area contributed by atoms with E-state index in [-0.39, 0.29) is 0 Å². The minimum absolute atomic E-state index is 0.875. The number of anilines is 3. The highest BCUT2D eigenvalue weighted by Gasteiger charge is 2.21. The second-order valence-electron chi connectivity index (χ2n) is 14.1. The highest BCUT2D eigenvalue weighted by Crippen LogP contribution is 2.45. The van der Waals surface area contributed by atoms with Gasteiger partial charge in [-0.2, -0.15) is 0 Å². The lowest BCUT2D eigenvalue weighted by Crippen LogP contribution is -2.10. The predicted octanol–water partition coefficient (Wildman–Crippen LogP) is 14.8. The summed E-state index contributed by atoms with van der Waals surface area (Å²) in [4.78, 5) is 2.39. The molecule has 3 aromatic heterocycles. The zero-order valence-electron chi connectivity index (χ0n) is 29.0. The van der Waals surface area contributed by atoms with Crippen LogP contribution in [0.5, 0.6) is 0 Å². The molecule has 9 aromatic carbocycles.